The van der Waals surface area contributed by atoms with Crippen molar-refractivity contribution < 1.29 is 14.3 Å². The second kappa shape index (κ2) is 5.57. The number of carbonyl (C=O) groups excluding carboxylic acids is 1. The minimum atomic E-state index is 0.0486. The van der Waals surface area contributed by atoms with Crippen LogP contribution in [0.25, 0.3) is 0 Å². The average molecular weight is 274 g/mol. The number of ether oxygens (including phenoxy) is 2. The topological polar surface area (TPSA) is 35.5 Å². The summed E-state index contributed by atoms with van der Waals surface area (Å²) in [6.45, 7) is 0.745. The van der Waals surface area contributed by atoms with E-state index in [1.807, 2.05) is 24.3 Å². The summed E-state index contributed by atoms with van der Waals surface area (Å²) in [4.78, 5) is 12.5. The highest BCUT2D eigenvalue weighted by Gasteiger charge is 2.44. The molecule has 1 saturated carbocycles. The van der Waals surface area contributed by atoms with Gasteiger partial charge in [-0.3, -0.25) is 4.79 Å². The molecule has 20 heavy (non-hydrogen) atoms. The standard InChI is InChI=1S/C17H22O3/c1-19-15-5-2-4-13(10-15)11-16(18)14-6-9-20-17(12-14)7-3-8-17/h2,4-5,10,14H,3,6-9,11-12H2,1H3. The predicted octanol–water partition coefficient (Wildman–Crippen LogP) is 3.16. The predicted molar refractivity (Wildman–Crippen MR) is 77.0 cm³/mol. The third-order valence-electron chi connectivity index (χ3n) is 4.73. The lowest BCUT2D eigenvalue weighted by molar-refractivity contribution is -0.155. The summed E-state index contributed by atoms with van der Waals surface area (Å²) >= 11 is 0. The smallest absolute Gasteiger partial charge is 0.140 e. The lowest BCUT2D eigenvalue weighted by Gasteiger charge is -2.46. The van der Waals surface area contributed by atoms with Gasteiger partial charge in [0.1, 0.15) is 11.5 Å². The largest absolute Gasteiger partial charge is 0.497 e. The van der Waals surface area contributed by atoms with Crippen LogP contribution < -0.4 is 4.74 Å². The number of hydrogen-bond donors (Lipinski definition) is 0. The van der Waals surface area contributed by atoms with E-state index in [0.717, 1.165) is 43.6 Å². The maximum Gasteiger partial charge on any atom is 0.140 e. The highest BCUT2D eigenvalue weighted by molar-refractivity contribution is 5.83. The van der Waals surface area contributed by atoms with Crippen molar-refractivity contribution in [3.05, 3.63) is 29.8 Å². The Hall–Kier alpha value is -1.35. The van der Waals surface area contributed by atoms with Crippen molar-refractivity contribution in [3.8, 4) is 5.75 Å². The molecule has 2 fully saturated rings. The lowest BCUT2D eigenvalue weighted by Crippen LogP contribution is -2.47. The number of rotatable bonds is 4. The molecule has 3 rings (SSSR count). The number of ketones is 1. The molecule has 0 aromatic heterocycles. The Bertz CT molecular complexity index is 491. The molecule has 1 atom stereocenters. The fourth-order valence-corrected chi connectivity index (χ4v) is 3.35. The van der Waals surface area contributed by atoms with Gasteiger partial charge in [-0.25, -0.2) is 0 Å². The zero-order valence-electron chi connectivity index (χ0n) is 12.1. The van der Waals surface area contributed by atoms with Crippen molar-refractivity contribution in [3.63, 3.8) is 0 Å². The zero-order valence-corrected chi connectivity index (χ0v) is 12.1. The van der Waals surface area contributed by atoms with E-state index >= 15 is 0 Å². The molecule has 3 nitrogen and oxygen atoms in total. The molecule has 0 amide bonds. The van der Waals surface area contributed by atoms with Crippen molar-refractivity contribution >= 4 is 5.78 Å². The molecule has 2 aliphatic rings. The van der Waals surface area contributed by atoms with E-state index in [1.54, 1.807) is 7.11 Å². The number of carbonyl (C=O) groups is 1. The lowest BCUT2D eigenvalue weighted by atomic mass is 9.71. The highest BCUT2D eigenvalue weighted by Crippen LogP contribution is 2.44. The molecule has 1 aromatic carbocycles. The van der Waals surface area contributed by atoms with E-state index in [1.165, 1.54) is 6.42 Å². The Morgan fingerprint density at radius 2 is 2.30 bits per heavy atom. The molecule has 1 heterocycles. The summed E-state index contributed by atoms with van der Waals surface area (Å²) in [7, 11) is 1.65. The molecule has 1 unspecified atom stereocenters. The molecule has 1 aliphatic carbocycles. The van der Waals surface area contributed by atoms with Crippen LogP contribution in [0.5, 0.6) is 5.75 Å². The second-order valence-electron chi connectivity index (χ2n) is 6.07. The minimum Gasteiger partial charge on any atom is -0.497 e. The SMILES string of the molecule is COc1cccc(CC(=O)C2CCOC3(CCC3)C2)c1. The first-order valence-corrected chi connectivity index (χ1v) is 7.50. The number of hydrogen-bond acceptors (Lipinski definition) is 3. The van der Waals surface area contributed by atoms with Crippen LogP contribution in [0.4, 0.5) is 0 Å². The fourth-order valence-electron chi connectivity index (χ4n) is 3.35. The van der Waals surface area contributed by atoms with E-state index in [4.69, 9.17) is 9.47 Å². The molecule has 0 N–H and O–H groups in total. The molecular weight excluding hydrogens is 252 g/mol. The quantitative estimate of drug-likeness (QED) is 0.846. The summed E-state index contributed by atoms with van der Waals surface area (Å²) < 4.78 is 11.1. The normalized spacial score (nSPS) is 24.1. The molecular formula is C17H22O3. The van der Waals surface area contributed by atoms with Gasteiger partial charge in [-0.05, 0) is 49.8 Å². The van der Waals surface area contributed by atoms with Gasteiger partial charge in [-0.2, -0.15) is 0 Å². The summed E-state index contributed by atoms with van der Waals surface area (Å²) in [5.41, 5.74) is 1.09. The Morgan fingerprint density at radius 3 is 3.00 bits per heavy atom. The van der Waals surface area contributed by atoms with Gasteiger partial charge in [0.15, 0.2) is 0 Å². The van der Waals surface area contributed by atoms with Gasteiger partial charge in [0.2, 0.25) is 0 Å². The van der Waals surface area contributed by atoms with Gasteiger partial charge >= 0.3 is 0 Å². The van der Waals surface area contributed by atoms with Crippen molar-refractivity contribution in [2.24, 2.45) is 5.92 Å². The summed E-state index contributed by atoms with van der Waals surface area (Å²) in [5, 5.41) is 0. The van der Waals surface area contributed by atoms with E-state index in [9.17, 15) is 4.79 Å². The summed E-state index contributed by atoms with van der Waals surface area (Å²) in [5.74, 6) is 1.35. The molecule has 0 bridgehead atoms. The van der Waals surface area contributed by atoms with Gasteiger partial charge in [0.05, 0.1) is 12.7 Å². The van der Waals surface area contributed by atoms with Crippen LogP contribution in [-0.4, -0.2) is 25.1 Å². The average Bonchev–Trinajstić information content (AvgIpc) is 2.46. The van der Waals surface area contributed by atoms with Crippen LogP contribution >= 0.6 is 0 Å². The maximum absolute atomic E-state index is 12.5. The molecule has 1 spiro atoms. The fraction of sp³-hybridized carbons (Fsp3) is 0.588. The Morgan fingerprint density at radius 1 is 1.45 bits per heavy atom. The maximum atomic E-state index is 12.5. The first-order valence-electron chi connectivity index (χ1n) is 7.50. The third-order valence-corrected chi connectivity index (χ3v) is 4.73. The van der Waals surface area contributed by atoms with Crippen LogP contribution in [0.1, 0.15) is 37.7 Å². The minimum absolute atomic E-state index is 0.0486. The zero-order chi connectivity index (χ0) is 14.0. The van der Waals surface area contributed by atoms with Crippen molar-refractivity contribution in [2.75, 3.05) is 13.7 Å². The monoisotopic (exact) mass is 274 g/mol. The Kier molecular flexibility index (Phi) is 3.79. The molecule has 1 aliphatic heterocycles. The Labute approximate surface area is 120 Å². The molecule has 1 aromatic rings. The van der Waals surface area contributed by atoms with Gasteiger partial charge < -0.3 is 9.47 Å². The first kappa shape index (κ1) is 13.6. The van der Waals surface area contributed by atoms with E-state index in [0.29, 0.717) is 12.2 Å². The number of Topliss-reactive ketones (excluding diaryl/α,β-unsaturated/α-hetero) is 1. The van der Waals surface area contributed by atoms with Gasteiger partial charge in [0, 0.05) is 18.9 Å². The van der Waals surface area contributed by atoms with Crippen LogP contribution in [0.2, 0.25) is 0 Å². The second-order valence-corrected chi connectivity index (χ2v) is 6.07. The molecule has 3 heteroatoms. The van der Waals surface area contributed by atoms with Crippen LogP contribution in [-0.2, 0) is 16.0 Å². The van der Waals surface area contributed by atoms with Crippen molar-refractivity contribution in [1.29, 1.82) is 0 Å². The van der Waals surface area contributed by atoms with Gasteiger partial charge in [-0.15, -0.1) is 0 Å². The molecule has 108 valence electrons. The van der Waals surface area contributed by atoms with Crippen molar-refractivity contribution in [2.45, 2.75) is 44.1 Å². The summed E-state index contributed by atoms with van der Waals surface area (Å²) in [6, 6.07) is 7.81. The van der Waals surface area contributed by atoms with Crippen LogP contribution in [0.15, 0.2) is 24.3 Å². The van der Waals surface area contributed by atoms with Gasteiger partial charge in [-0.1, -0.05) is 12.1 Å². The van der Waals surface area contributed by atoms with Crippen LogP contribution in [0.3, 0.4) is 0 Å². The third kappa shape index (κ3) is 2.73. The van der Waals surface area contributed by atoms with Gasteiger partial charge in [0.25, 0.3) is 0 Å². The number of methoxy groups -OCH3 is 1. The van der Waals surface area contributed by atoms with E-state index in [-0.39, 0.29) is 11.5 Å². The first-order chi connectivity index (χ1) is 9.71. The highest BCUT2D eigenvalue weighted by atomic mass is 16.5. The Balaban J connectivity index is 1.63. The van der Waals surface area contributed by atoms with E-state index < -0.39 is 0 Å². The number of benzene rings is 1. The van der Waals surface area contributed by atoms with E-state index in [2.05, 4.69) is 0 Å². The molecule has 0 radical (unpaired) electrons. The van der Waals surface area contributed by atoms with Crippen LogP contribution in [0, 0.1) is 5.92 Å². The molecule has 1 saturated heterocycles. The van der Waals surface area contributed by atoms with Crippen molar-refractivity contribution in [1.82, 2.24) is 0 Å². The summed E-state index contributed by atoms with van der Waals surface area (Å²) in [6.07, 6.45) is 5.83.